The lowest BCUT2D eigenvalue weighted by atomic mass is 9.75. The number of carbonyl (C=O) groups excluding carboxylic acids is 1. The van der Waals surface area contributed by atoms with Gasteiger partial charge >= 0.3 is 6.09 Å². The van der Waals surface area contributed by atoms with Crippen LogP contribution in [-0.2, 0) is 4.74 Å². The molecule has 1 atom stereocenters. The molecule has 42 heavy (non-hydrogen) atoms. The molecule has 2 fully saturated rings. The molecule has 2 aromatic heterocycles. The van der Waals surface area contributed by atoms with Crippen LogP contribution in [0.1, 0.15) is 79.8 Å². The summed E-state index contributed by atoms with van der Waals surface area (Å²) in [6, 6.07) is 8.12. The van der Waals surface area contributed by atoms with Crippen LogP contribution >= 0.6 is 11.3 Å². The number of thiophene rings is 1. The molecule has 1 aromatic carbocycles. The predicted octanol–water partition coefficient (Wildman–Crippen LogP) is 6.64. The van der Waals surface area contributed by atoms with Crippen molar-refractivity contribution in [3.63, 3.8) is 0 Å². The third-order valence-corrected chi connectivity index (χ3v) is 10.1. The molecule has 0 N–H and O–H groups in total. The SMILES string of the molecule is Cc1sc2c(c1C)C(c1ccc(N3CCC4(CC3)CN(C(=O)OC(C)(C)C)CC4(F)F)cc1)=N[C@@H](C)c1nnc(C)n1-2. The molecular weight excluding hydrogens is 558 g/mol. The van der Waals surface area contributed by atoms with Crippen LogP contribution in [0.5, 0.6) is 0 Å². The Morgan fingerprint density at radius 1 is 1.05 bits per heavy atom. The number of hydrogen-bond acceptors (Lipinski definition) is 7. The molecule has 224 valence electrons. The second-order valence-corrected chi connectivity index (χ2v) is 14.1. The zero-order valence-electron chi connectivity index (χ0n) is 25.3. The molecule has 3 aliphatic rings. The number of nitrogens with zero attached hydrogens (tertiary/aromatic N) is 6. The molecular formula is C31H38F2N6O2S. The van der Waals surface area contributed by atoms with E-state index < -0.39 is 29.6 Å². The van der Waals surface area contributed by atoms with Crippen molar-refractivity contribution in [2.45, 2.75) is 78.9 Å². The zero-order valence-corrected chi connectivity index (χ0v) is 26.1. The molecule has 1 amide bonds. The van der Waals surface area contributed by atoms with Crippen LogP contribution in [0, 0.1) is 26.2 Å². The number of aliphatic imine (C=N–C) groups is 1. The number of fused-ring (bicyclic) bond motifs is 3. The second-order valence-electron chi connectivity index (χ2n) is 12.9. The highest BCUT2D eigenvalue weighted by Crippen LogP contribution is 2.51. The van der Waals surface area contributed by atoms with Crippen LogP contribution in [0.4, 0.5) is 19.3 Å². The minimum atomic E-state index is -2.95. The van der Waals surface area contributed by atoms with Crippen molar-refractivity contribution < 1.29 is 18.3 Å². The number of likely N-dealkylation sites (tertiary alicyclic amines) is 1. The van der Waals surface area contributed by atoms with Gasteiger partial charge in [-0.05, 0) is 79.0 Å². The van der Waals surface area contributed by atoms with Gasteiger partial charge in [-0.2, -0.15) is 0 Å². The van der Waals surface area contributed by atoms with Crippen LogP contribution in [0.15, 0.2) is 29.3 Å². The van der Waals surface area contributed by atoms with Gasteiger partial charge in [-0.1, -0.05) is 12.1 Å². The Morgan fingerprint density at radius 2 is 1.71 bits per heavy atom. The Hall–Kier alpha value is -3.34. The van der Waals surface area contributed by atoms with Crippen molar-refractivity contribution in [3.8, 4) is 5.00 Å². The van der Waals surface area contributed by atoms with E-state index in [0.29, 0.717) is 25.9 Å². The number of carbonyl (C=O) groups is 1. The van der Waals surface area contributed by atoms with Crippen LogP contribution in [0.2, 0.25) is 0 Å². The van der Waals surface area contributed by atoms with Gasteiger partial charge in [0.25, 0.3) is 5.92 Å². The van der Waals surface area contributed by atoms with E-state index in [1.165, 1.54) is 15.3 Å². The number of hydrogen-bond donors (Lipinski definition) is 0. The molecule has 1 spiro atoms. The first-order chi connectivity index (χ1) is 19.7. The van der Waals surface area contributed by atoms with Crippen LogP contribution in [0.3, 0.4) is 0 Å². The van der Waals surface area contributed by atoms with E-state index in [9.17, 15) is 4.79 Å². The van der Waals surface area contributed by atoms with Crippen molar-refractivity contribution in [1.82, 2.24) is 19.7 Å². The summed E-state index contributed by atoms with van der Waals surface area (Å²) in [5.74, 6) is -1.28. The van der Waals surface area contributed by atoms with E-state index in [4.69, 9.17) is 9.73 Å². The number of aromatic nitrogens is 3. The number of piperidine rings is 1. The number of anilines is 1. The Bertz CT molecular complexity index is 1560. The molecule has 0 bridgehead atoms. The van der Waals surface area contributed by atoms with Crippen LogP contribution in [-0.4, -0.2) is 69.2 Å². The summed E-state index contributed by atoms with van der Waals surface area (Å²) in [4.78, 5) is 22.3. The van der Waals surface area contributed by atoms with E-state index in [0.717, 1.165) is 39.2 Å². The minimum Gasteiger partial charge on any atom is -0.444 e. The lowest BCUT2D eigenvalue weighted by Crippen LogP contribution is -2.49. The van der Waals surface area contributed by atoms with E-state index in [1.54, 1.807) is 32.1 Å². The van der Waals surface area contributed by atoms with Crippen LogP contribution < -0.4 is 4.90 Å². The summed E-state index contributed by atoms with van der Waals surface area (Å²) in [7, 11) is 0. The van der Waals surface area contributed by atoms with Crippen LogP contribution in [0.25, 0.3) is 5.00 Å². The highest BCUT2D eigenvalue weighted by atomic mass is 32.1. The monoisotopic (exact) mass is 596 g/mol. The summed E-state index contributed by atoms with van der Waals surface area (Å²) >= 11 is 1.73. The first kappa shape index (κ1) is 28.8. The van der Waals surface area contributed by atoms with Gasteiger partial charge in [0.15, 0.2) is 5.82 Å². The molecule has 0 saturated carbocycles. The van der Waals surface area contributed by atoms with Gasteiger partial charge in [0.1, 0.15) is 22.5 Å². The van der Waals surface area contributed by atoms with E-state index in [-0.39, 0.29) is 12.6 Å². The minimum absolute atomic E-state index is 0.0218. The number of aryl methyl sites for hydroxylation is 2. The molecule has 0 unspecified atom stereocenters. The predicted molar refractivity (Wildman–Crippen MR) is 161 cm³/mol. The fourth-order valence-corrected chi connectivity index (χ4v) is 7.64. The highest BCUT2D eigenvalue weighted by Gasteiger charge is 2.62. The van der Waals surface area contributed by atoms with Gasteiger partial charge in [0.2, 0.25) is 0 Å². The smallest absolute Gasteiger partial charge is 0.410 e. The Labute approximate surface area is 249 Å². The third kappa shape index (κ3) is 4.69. The molecule has 0 aliphatic carbocycles. The maximum absolute atomic E-state index is 15.3. The number of rotatable bonds is 2. The molecule has 8 nitrogen and oxygen atoms in total. The quantitative estimate of drug-likeness (QED) is 0.332. The number of benzene rings is 1. The first-order valence-corrected chi connectivity index (χ1v) is 15.3. The third-order valence-electron chi connectivity index (χ3n) is 8.89. The molecule has 0 radical (unpaired) electrons. The van der Waals surface area contributed by atoms with Gasteiger partial charge in [-0.15, -0.1) is 21.5 Å². The topological polar surface area (TPSA) is 75.8 Å². The molecule has 3 aliphatic heterocycles. The van der Waals surface area contributed by atoms with Crippen molar-refractivity contribution >= 4 is 28.8 Å². The van der Waals surface area contributed by atoms with Gasteiger partial charge in [0, 0.05) is 41.3 Å². The number of ether oxygens (including phenoxy) is 1. The normalized spacial score (nSPS) is 21.2. The summed E-state index contributed by atoms with van der Waals surface area (Å²) < 4.78 is 38.2. The van der Waals surface area contributed by atoms with Gasteiger partial charge < -0.3 is 14.5 Å². The zero-order chi connectivity index (χ0) is 30.2. The average molecular weight is 597 g/mol. The average Bonchev–Trinajstić information content (AvgIpc) is 3.50. The maximum atomic E-state index is 15.3. The summed E-state index contributed by atoms with van der Waals surface area (Å²) in [5.41, 5.74) is 3.29. The Kier molecular flexibility index (Phi) is 6.75. The summed E-state index contributed by atoms with van der Waals surface area (Å²) in [5, 5.41) is 9.85. The lowest BCUT2D eigenvalue weighted by Gasteiger charge is -2.42. The number of halogens is 2. The van der Waals surface area contributed by atoms with Crippen molar-refractivity contribution in [1.29, 1.82) is 0 Å². The summed E-state index contributed by atoms with van der Waals surface area (Å²) in [6.45, 7) is 13.9. The lowest BCUT2D eigenvalue weighted by molar-refractivity contribution is -0.0949. The Balaban J connectivity index is 1.21. The largest absolute Gasteiger partial charge is 0.444 e. The van der Waals surface area contributed by atoms with E-state index >= 15 is 8.78 Å². The molecule has 6 rings (SSSR count). The number of alkyl halides is 2. The fraction of sp³-hybridized carbons (Fsp3) is 0.548. The van der Waals surface area contributed by atoms with E-state index in [1.807, 2.05) is 13.8 Å². The maximum Gasteiger partial charge on any atom is 0.410 e. The van der Waals surface area contributed by atoms with Gasteiger partial charge in [-0.3, -0.25) is 9.56 Å². The van der Waals surface area contributed by atoms with Gasteiger partial charge in [-0.25, -0.2) is 13.6 Å². The van der Waals surface area contributed by atoms with Crippen molar-refractivity contribution in [3.05, 3.63) is 57.5 Å². The fourth-order valence-electron chi connectivity index (χ4n) is 6.43. The first-order valence-electron chi connectivity index (χ1n) is 14.5. The van der Waals surface area contributed by atoms with E-state index in [2.05, 4.69) is 57.8 Å². The summed E-state index contributed by atoms with van der Waals surface area (Å²) in [6.07, 6.45) is -0.0520. The second kappa shape index (κ2) is 9.86. The van der Waals surface area contributed by atoms with Gasteiger partial charge in [0.05, 0.1) is 17.7 Å². The molecule has 2 saturated heterocycles. The highest BCUT2D eigenvalue weighted by molar-refractivity contribution is 7.15. The molecule has 3 aromatic rings. The standard InChI is InChI=1S/C31H38F2N6O2S/c1-18-20(3)42-27-24(18)25(34-19(2)26-36-35-21(4)39(26)27)22-8-10-23(11-9-22)37-14-12-30(13-15-37)16-38(17-31(30,32)33)28(40)41-29(5,6)7/h8-11,19H,12-17H2,1-7H3/t19-/m0/s1. The Morgan fingerprint density at radius 3 is 2.36 bits per heavy atom. The molecule has 5 heterocycles. The molecule has 11 heteroatoms. The van der Waals surface area contributed by atoms with Crippen molar-refractivity contribution in [2.75, 3.05) is 31.1 Å². The number of amides is 1. The van der Waals surface area contributed by atoms with Crippen molar-refractivity contribution in [2.24, 2.45) is 10.4 Å².